The van der Waals surface area contributed by atoms with Gasteiger partial charge in [0.2, 0.25) is 0 Å². The summed E-state index contributed by atoms with van der Waals surface area (Å²) in [7, 11) is -4.61. The number of hydrogen-bond donors (Lipinski definition) is 3. The third-order valence-corrected chi connectivity index (χ3v) is 6.67. The molecule has 2 heterocycles. The van der Waals surface area contributed by atoms with E-state index >= 15 is 0 Å². The number of amides is 1. The highest BCUT2D eigenvalue weighted by Gasteiger charge is 2.30. The molecule has 0 spiro atoms. The van der Waals surface area contributed by atoms with Gasteiger partial charge in [0, 0.05) is 6.20 Å². The molecule has 1 fully saturated rings. The van der Waals surface area contributed by atoms with Crippen LogP contribution in [0.25, 0.3) is 0 Å². The molecule has 1 aliphatic heterocycles. The molecule has 1 aromatic carbocycles. The van der Waals surface area contributed by atoms with Crippen LogP contribution >= 0.6 is 0 Å². The van der Waals surface area contributed by atoms with E-state index < -0.39 is 44.9 Å². The minimum atomic E-state index is -4.61. The van der Waals surface area contributed by atoms with E-state index in [4.69, 9.17) is 4.74 Å². The van der Waals surface area contributed by atoms with Crippen LogP contribution in [0.5, 0.6) is 0 Å². The standard InChI is InChI=1S/C23H30N4O7S/c1-2-3-4-5-11-18(23(30)34-22(29)17-10-8-13-24-17)27-14-20(25-15-27)26-21(28)16-9-6-7-12-19(16)35(31,32)33/h6-7,9,12,14-15,17-18,24H,2-5,8,10-11,13H2,1H3,(H,26,28)(H,31,32,33)/t17-,18?/m0/s1. The second-order valence-corrected chi connectivity index (χ2v) is 9.78. The number of carbonyl (C=O) groups excluding carboxylic acids is 3. The Labute approximate surface area is 204 Å². The molecule has 0 aliphatic carbocycles. The molecule has 1 amide bonds. The van der Waals surface area contributed by atoms with E-state index in [2.05, 4.69) is 22.5 Å². The van der Waals surface area contributed by atoms with Gasteiger partial charge >= 0.3 is 11.9 Å². The van der Waals surface area contributed by atoms with Gasteiger partial charge in [-0.25, -0.2) is 14.6 Å². The summed E-state index contributed by atoms with van der Waals surface area (Å²) in [5.41, 5.74) is -0.255. The molecule has 11 nitrogen and oxygen atoms in total. The smallest absolute Gasteiger partial charge is 0.336 e. The Morgan fingerprint density at radius 2 is 2.03 bits per heavy atom. The monoisotopic (exact) mass is 506 g/mol. The average molecular weight is 507 g/mol. The lowest BCUT2D eigenvalue weighted by molar-refractivity contribution is -0.163. The van der Waals surface area contributed by atoms with Gasteiger partial charge in [-0.2, -0.15) is 8.42 Å². The third kappa shape index (κ3) is 7.20. The van der Waals surface area contributed by atoms with E-state index in [0.717, 1.165) is 38.2 Å². The van der Waals surface area contributed by atoms with Crippen molar-refractivity contribution in [2.45, 2.75) is 68.8 Å². The number of carbonyl (C=O) groups is 3. The van der Waals surface area contributed by atoms with Crippen molar-refractivity contribution in [3.05, 3.63) is 42.4 Å². The predicted molar refractivity (Wildman–Crippen MR) is 126 cm³/mol. The summed E-state index contributed by atoms with van der Waals surface area (Å²) >= 11 is 0. The summed E-state index contributed by atoms with van der Waals surface area (Å²) in [5.74, 6) is -2.04. The fourth-order valence-electron chi connectivity index (χ4n) is 3.91. The van der Waals surface area contributed by atoms with Crippen LogP contribution in [0.2, 0.25) is 0 Å². The zero-order valence-electron chi connectivity index (χ0n) is 19.5. The van der Waals surface area contributed by atoms with Crippen LogP contribution in [-0.4, -0.2) is 53.0 Å². The first-order valence-corrected chi connectivity index (χ1v) is 13.0. The van der Waals surface area contributed by atoms with Crippen molar-refractivity contribution in [1.29, 1.82) is 0 Å². The van der Waals surface area contributed by atoms with Crippen LogP contribution < -0.4 is 10.6 Å². The Bertz CT molecular complexity index is 1160. The van der Waals surface area contributed by atoms with Crippen LogP contribution in [0.3, 0.4) is 0 Å². The summed E-state index contributed by atoms with van der Waals surface area (Å²) in [6.45, 7) is 2.77. The number of imidazole rings is 1. The van der Waals surface area contributed by atoms with E-state index in [9.17, 15) is 27.4 Å². The second kappa shape index (κ2) is 12.0. The van der Waals surface area contributed by atoms with Crippen molar-refractivity contribution in [1.82, 2.24) is 14.9 Å². The zero-order valence-corrected chi connectivity index (χ0v) is 20.3. The van der Waals surface area contributed by atoms with Crippen molar-refractivity contribution < 1.29 is 32.1 Å². The molecule has 1 aliphatic rings. The molecule has 1 unspecified atom stereocenters. The largest absolute Gasteiger partial charge is 0.390 e. The first-order valence-electron chi connectivity index (χ1n) is 11.6. The van der Waals surface area contributed by atoms with Crippen LogP contribution in [-0.2, 0) is 24.4 Å². The molecule has 0 bridgehead atoms. The molecule has 1 aromatic heterocycles. The summed E-state index contributed by atoms with van der Waals surface area (Å²) in [4.78, 5) is 41.4. The minimum Gasteiger partial charge on any atom is -0.390 e. The molecule has 190 valence electrons. The van der Waals surface area contributed by atoms with Crippen molar-refractivity contribution in [2.24, 2.45) is 0 Å². The number of unbranched alkanes of at least 4 members (excludes halogenated alkanes) is 3. The Morgan fingerprint density at radius 1 is 1.26 bits per heavy atom. The first-order chi connectivity index (χ1) is 16.7. The van der Waals surface area contributed by atoms with Crippen LogP contribution in [0, 0.1) is 0 Å². The predicted octanol–water partition coefficient (Wildman–Crippen LogP) is 2.72. The Hall–Kier alpha value is -3.09. The van der Waals surface area contributed by atoms with Crippen LogP contribution in [0.1, 0.15) is 68.3 Å². The highest BCUT2D eigenvalue weighted by Crippen LogP contribution is 2.22. The van der Waals surface area contributed by atoms with Gasteiger partial charge in [0.25, 0.3) is 16.0 Å². The Morgan fingerprint density at radius 3 is 2.71 bits per heavy atom. The highest BCUT2D eigenvalue weighted by molar-refractivity contribution is 7.86. The molecule has 3 rings (SSSR count). The van der Waals surface area contributed by atoms with Gasteiger partial charge in [-0.3, -0.25) is 9.35 Å². The van der Waals surface area contributed by atoms with Crippen molar-refractivity contribution in [2.75, 3.05) is 11.9 Å². The fraction of sp³-hybridized carbons (Fsp3) is 0.478. The molecule has 0 saturated carbocycles. The normalized spacial score (nSPS) is 16.6. The summed E-state index contributed by atoms with van der Waals surface area (Å²) < 4.78 is 39.2. The topological polar surface area (TPSA) is 157 Å². The molecule has 35 heavy (non-hydrogen) atoms. The SMILES string of the molecule is CCCCCCC(C(=O)OC(=O)[C@@H]1CCCN1)n1cnc(NC(=O)c2ccccc2S(=O)(=O)O)c1. The van der Waals surface area contributed by atoms with Crippen molar-refractivity contribution in [3.8, 4) is 0 Å². The zero-order chi connectivity index (χ0) is 25.4. The molecule has 1 saturated heterocycles. The number of anilines is 1. The van der Waals surface area contributed by atoms with Gasteiger partial charge in [-0.05, 0) is 37.9 Å². The first kappa shape index (κ1) is 26.5. The van der Waals surface area contributed by atoms with Gasteiger partial charge in [0.1, 0.15) is 17.0 Å². The number of benzene rings is 1. The molecule has 12 heteroatoms. The molecular formula is C23H30N4O7S. The number of aromatic nitrogens is 2. The quantitative estimate of drug-likeness (QED) is 0.180. The number of esters is 2. The van der Waals surface area contributed by atoms with Crippen molar-refractivity contribution in [3.63, 3.8) is 0 Å². The van der Waals surface area contributed by atoms with Gasteiger partial charge in [-0.1, -0.05) is 44.7 Å². The van der Waals surface area contributed by atoms with Crippen molar-refractivity contribution >= 4 is 33.8 Å². The third-order valence-electron chi connectivity index (χ3n) is 5.76. The maximum atomic E-state index is 12.9. The van der Waals surface area contributed by atoms with Gasteiger partial charge in [0.05, 0.1) is 11.9 Å². The van der Waals surface area contributed by atoms with Crippen LogP contribution in [0.15, 0.2) is 41.7 Å². The summed E-state index contributed by atoms with van der Waals surface area (Å²) in [5, 5.41) is 5.47. The van der Waals surface area contributed by atoms with E-state index in [1.54, 1.807) is 0 Å². The Kier molecular flexibility index (Phi) is 9.13. The fourth-order valence-corrected chi connectivity index (χ4v) is 4.60. The second-order valence-electron chi connectivity index (χ2n) is 8.39. The van der Waals surface area contributed by atoms with Gasteiger partial charge in [-0.15, -0.1) is 0 Å². The average Bonchev–Trinajstić information content (AvgIpc) is 3.51. The van der Waals surface area contributed by atoms with E-state index in [1.165, 1.54) is 35.3 Å². The lowest BCUT2D eigenvalue weighted by atomic mass is 10.1. The summed E-state index contributed by atoms with van der Waals surface area (Å²) in [6.07, 6.45) is 8.28. The summed E-state index contributed by atoms with van der Waals surface area (Å²) in [6, 6.07) is 3.89. The Balaban J connectivity index is 1.74. The van der Waals surface area contributed by atoms with Gasteiger partial charge < -0.3 is 19.9 Å². The lowest BCUT2D eigenvalue weighted by Crippen LogP contribution is -2.35. The van der Waals surface area contributed by atoms with E-state index in [-0.39, 0.29) is 11.4 Å². The number of nitrogens with one attached hydrogen (secondary N) is 2. The number of hydrogen-bond acceptors (Lipinski definition) is 8. The highest BCUT2D eigenvalue weighted by atomic mass is 32.2. The van der Waals surface area contributed by atoms with E-state index in [1.807, 2.05) is 0 Å². The number of nitrogens with zero attached hydrogens (tertiary/aromatic N) is 2. The van der Waals surface area contributed by atoms with Crippen LogP contribution in [0.4, 0.5) is 5.82 Å². The number of ether oxygens (including phenoxy) is 1. The van der Waals surface area contributed by atoms with Gasteiger partial charge in [0.15, 0.2) is 5.82 Å². The molecule has 2 aromatic rings. The number of rotatable bonds is 11. The lowest BCUT2D eigenvalue weighted by Gasteiger charge is -2.18. The molecule has 3 N–H and O–H groups in total. The van der Waals surface area contributed by atoms with E-state index in [0.29, 0.717) is 19.4 Å². The maximum absolute atomic E-state index is 12.9. The minimum absolute atomic E-state index is 0.0651. The molecule has 2 atom stereocenters. The molecule has 0 radical (unpaired) electrons. The maximum Gasteiger partial charge on any atom is 0.336 e. The molecular weight excluding hydrogens is 476 g/mol.